The second-order valence-electron chi connectivity index (χ2n) is 3.24. The Morgan fingerprint density at radius 3 is 2.67 bits per heavy atom. The number of rotatable bonds is 3. The van der Waals surface area contributed by atoms with E-state index in [0.717, 1.165) is 5.56 Å². The zero-order valence-electron chi connectivity index (χ0n) is 8.31. The van der Waals surface area contributed by atoms with E-state index in [4.69, 9.17) is 10.5 Å². The third kappa shape index (κ3) is 2.50. The van der Waals surface area contributed by atoms with Crippen LogP contribution in [0.4, 0.5) is 5.69 Å². The van der Waals surface area contributed by atoms with E-state index in [1.54, 1.807) is 12.1 Å². The van der Waals surface area contributed by atoms with Gasteiger partial charge in [-0.05, 0) is 23.8 Å². The third-order valence-corrected chi connectivity index (χ3v) is 2.09. The van der Waals surface area contributed by atoms with Crippen LogP contribution in [-0.4, -0.2) is 0 Å². The van der Waals surface area contributed by atoms with Crippen LogP contribution < -0.4 is 10.5 Å². The summed E-state index contributed by atoms with van der Waals surface area (Å²) in [6.07, 6.45) is 0. The Morgan fingerprint density at radius 1 is 1.13 bits per heavy atom. The summed E-state index contributed by atoms with van der Waals surface area (Å²) >= 11 is 0. The van der Waals surface area contributed by atoms with Gasteiger partial charge in [0.2, 0.25) is 0 Å². The zero-order chi connectivity index (χ0) is 10.5. The smallest absolute Gasteiger partial charge is 0.142 e. The van der Waals surface area contributed by atoms with Crippen LogP contribution in [0.3, 0.4) is 0 Å². The van der Waals surface area contributed by atoms with Crippen molar-refractivity contribution in [2.75, 3.05) is 5.73 Å². The van der Waals surface area contributed by atoms with Gasteiger partial charge in [-0.25, -0.2) is 0 Å². The molecule has 0 saturated carbocycles. The molecule has 1 radical (unpaired) electrons. The molecule has 2 aromatic carbocycles. The average molecular weight is 198 g/mol. The lowest BCUT2D eigenvalue weighted by Crippen LogP contribution is -1.98. The van der Waals surface area contributed by atoms with Crippen LogP contribution in [0.2, 0.25) is 0 Å². The van der Waals surface area contributed by atoms with Gasteiger partial charge in [0.1, 0.15) is 12.4 Å². The molecule has 0 spiro atoms. The monoisotopic (exact) mass is 198 g/mol. The third-order valence-electron chi connectivity index (χ3n) is 2.09. The van der Waals surface area contributed by atoms with E-state index in [0.29, 0.717) is 18.0 Å². The summed E-state index contributed by atoms with van der Waals surface area (Å²) in [5, 5.41) is 0. The molecule has 2 rings (SSSR count). The first-order chi connectivity index (χ1) is 7.36. The molecule has 75 valence electrons. The molecular formula is C13H12NO. The first-order valence-electron chi connectivity index (χ1n) is 4.78. The molecule has 0 unspecified atom stereocenters. The van der Waals surface area contributed by atoms with Crippen LogP contribution in [0.1, 0.15) is 5.56 Å². The van der Waals surface area contributed by atoms with Crippen molar-refractivity contribution in [1.29, 1.82) is 0 Å². The van der Waals surface area contributed by atoms with Crippen molar-refractivity contribution in [1.82, 2.24) is 0 Å². The minimum absolute atomic E-state index is 0.537. The highest BCUT2D eigenvalue weighted by Gasteiger charge is 1.98. The maximum Gasteiger partial charge on any atom is 0.142 e. The molecule has 2 heteroatoms. The quantitative estimate of drug-likeness (QED) is 0.769. The lowest BCUT2D eigenvalue weighted by Gasteiger charge is -2.07. The molecule has 0 heterocycles. The molecule has 2 N–H and O–H groups in total. The van der Waals surface area contributed by atoms with Crippen molar-refractivity contribution in [3.05, 3.63) is 60.2 Å². The van der Waals surface area contributed by atoms with Crippen molar-refractivity contribution >= 4 is 5.69 Å². The standard InChI is InChI=1S/C13H12NO/c14-12-8-4-5-9-13(12)15-10-11-6-2-1-3-7-11/h1-3,5-9H,10,14H2. The van der Waals surface area contributed by atoms with E-state index in [1.807, 2.05) is 36.4 Å². The number of hydrogen-bond acceptors (Lipinski definition) is 2. The fraction of sp³-hybridized carbons (Fsp3) is 0.0769. The Balaban J connectivity index is 2.03. The molecule has 0 amide bonds. The largest absolute Gasteiger partial charge is 0.487 e. The minimum atomic E-state index is 0.537. The molecule has 0 atom stereocenters. The first-order valence-corrected chi connectivity index (χ1v) is 4.78. The fourth-order valence-corrected chi connectivity index (χ4v) is 1.30. The highest BCUT2D eigenvalue weighted by molar-refractivity contribution is 5.51. The number of anilines is 1. The predicted octanol–water partition coefficient (Wildman–Crippen LogP) is 2.65. The summed E-state index contributed by atoms with van der Waals surface area (Å²) in [4.78, 5) is 0. The van der Waals surface area contributed by atoms with Gasteiger partial charge < -0.3 is 10.5 Å². The van der Waals surface area contributed by atoms with Crippen LogP contribution in [0.15, 0.2) is 48.5 Å². The van der Waals surface area contributed by atoms with E-state index in [-0.39, 0.29) is 0 Å². The van der Waals surface area contributed by atoms with Crippen molar-refractivity contribution in [2.24, 2.45) is 0 Å². The van der Waals surface area contributed by atoms with E-state index in [2.05, 4.69) is 6.07 Å². The van der Waals surface area contributed by atoms with Crippen LogP contribution in [-0.2, 0) is 6.61 Å². The lowest BCUT2D eigenvalue weighted by atomic mass is 10.2. The van der Waals surface area contributed by atoms with Gasteiger partial charge in [0.25, 0.3) is 0 Å². The molecule has 2 nitrogen and oxygen atoms in total. The molecular weight excluding hydrogens is 186 g/mol. The van der Waals surface area contributed by atoms with Crippen LogP contribution >= 0.6 is 0 Å². The van der Waals surface area contributed by atoms with Crippen LogP contribution in [0.5, 0.6) is 5.75 Å². The number of hydrogen-bond donors (Lipinski definition) is 1. The number of ether oxygens (including phenoxy) is 1. The van der Waals surface area contributed by atoms with Gasteiger partial charge in [0.15, 0.2) is 0 Å². The average Bonchev–Trinajstić information content (AvgIpc) is 2.29. The van der Waals surface area contributed by atoms with Crippen LogP contribution in [0.25, 0.3) is 0 Å². The molecule has 0 aromatic heterocycles. The fourth-order valence-electron chi connectivity index (χ4n) is 1.30. The Hall–Kier alpha value is -1.96. The van der Waals surface area contributed by atoms with E-state index >= 15 is 0 Å². The highest BCUT2D eigenvalue weighted by Crippen LogP contribution is 2.20. The van der Waals surface area contributed by atoms with Gasteiger partial charge in [-0.1, -0.05) is 36.4 Å². The summed E-state index contributed by atoms with van der Waals surface area (Å²) < 4.78 is 5.58. The summed E-state index contributed by atoms with van der Waals surface area (Å²) in [7, 11) is 0. The SMILES string of the molecule is Nc1c[c]ccc1OCc1ccccc1. The Labute approximate surface area is 89.3 Å². The second-order valence-corrected chi connectivity index (χ2v) is 3.24. The maximum absolute atomic E-state index is 5.73. The Kier molecular flexibility index (Phi) is 2.88. The second kappa shape index (κ2) is 4.51. The van der Waals surface area contributed by atoms with Gasteiger partial charge in [-0.3, -0.25) is 0 Å². The predicted molar refractivity (Wildman–Crippen MR) is 60.5 cm³/mol. The number of benzene rings is 2. The number of nitrogens with two attached hydrogens (primary N) is 1. The van der Waals surface area contributed by atoms with E-state index in [9.17, 15) is 0 Å². The van der Waals surface area contributed by atoms with Crippen molar-refractivity contribution < 1.29 is 4.74 Å². The molecule has 0 aliphatic heterocycles. The summed E-state index contributed by atoms with van der Waals surface area (Å²) in [5.74, 6) is 0.706. The summed E-state index contributed by atoms with van der Waals surface area (Å²) in [6, 6.07) is 18.2. The summed E-state index contributed by atoms with van der Waals surface area (Å²) in [5.41, 5.74) is 7.48. The molecule has 15 heavy (non-hydrogen) atoms. The normalized spacial score (nSPS) is 9.87. The molecule has 0 aliphatic rings. The van der Waals surface area contributed by atoms with Gasteiger partial charge in [0, 0.05) is 0 Å². The van der Waals surface area contributed by atoms with Crippen molar-refractivity contribution in [2.45, 2.75) is 6.61 Å². The van der Waals surface area contributed by atoms with Gasteiger partial charge in [0.05, 0.1) is 5.69 Å². The van der Waals surface area contributed by atoms with E-state index in [1.165, 1.54) is 0 Å². The Bertz CT molecular complexity index is 426. The van der Waals surface area contributed by atoms with E-state index < -0.39 is 0 Å². The minimum Gasteiger partial charge on any atom is -0.487 e. The molecule has 0 aliphatic carbocycles. The van der Waals surface area contributed by atoms with Crippen LogP contribution in [0, 0.1) is 6.07 Å². The topological polar surface area (TPSA) is 35.2 Å². The molecule has 0 fully saturated rings. The molecule has 0 saturated heterocycles. The summed E-state index contributed by atoms with van der Waals surface area (Å²) in [6.45, 7) is 0.537. The van der Waals surface area contributed by atoms with Crippen molar-refractivity contribution in [3.8, 4) is 5.75 Å². The lowest BCUT2D eigenvalue weighted by molar-refractivity contribution is 0.308. The molecule has 2 aromatic rings. The first kappa shape index (κ1) is 9.59. The van der Waals surface area contributed by atoms with Gasteiger partial charge in [-0.15, -0.1) is 0 Å². The maximum atomic E-state index is 5.73. The highest BCUT2D eigenvalue weighted by atomic mass is 16.5. The van der Waals surface area contributed by atoms with Gasteiger partial charge in [-0.2, -0.15) is 0 Å². The zero-order valence-corrected chi connectivity index (χ0v) is 8.31. The number of nitrogen functional groups attached to an aromatic ring is 1. The Morgan fingerprint density at radius 2 is 1.93 bits per heavy atom. The van der Waals surface area contributed by atoms with Gasteiger partial charge >= 0.3 is 0 Å². The molecule has 0 bridgehead atoms. The van der Waals surface area contributed by atoms with Crippen molar-refractivity contribution in [3.63, 3.8) is 0 Å².